The molecule has 0 bridgehead atoms. The molecule has 1 N–H and O–H groups in total. The summed E-state index contributed by atoms with van der Waals surface area (Å²) < 4.78 is 6.54. The van der Waals surface area contributed by atoms with Gasteiger partial charge in [0.25, 0.3) is 0 Å². The summed E-state index contributed by atoms with van der Waals surface area (Å²) in [6.07, 6.45) is 4.57. The van der Waals surface area contributed by atoms with Gasteiger partial charge in [-0.1, -0.05) is 6.92 Å². The van der Waals surface area contributed by atoms with E-state index in [1.54, 1.807) is 19.3 Å². The number of carbonyl (C=O) groups is 1. The van der Waals surface area contributed by atoms with E-state index in [1.807, 2.05) is 4.57 Å². The zero-order valence-corrected chi connectivity index (χ0v) is 10.1. The third kappa shape index (κ3) is 3.06. The molecule has 0 fully saturated rings. The maximum atomic E-state index is 11.4. The zero-order valence-electron chi connectivity index (χ0n) is 10.1. The molecule has 0 aliphatic rings. The topological polar surface area (TPSA) is 56.2 Å². The summed E-state index contributed by atoms with van der Waals surface area (Å²) in [5.41, 5.74) is 0. The lowest BCUT2D eigenvalue weighted by molar-refractivity contribution is -0.144. The number of aromatic nitrogens is 2. The average molecular weight is 225 g/mol. The Morgan fingerprint density at radius 3 is 3.06 bits per heavy atom. The fraction of sp³-hybridized carbons (Fsp3) is 0.636. The molecule has 0 amide bonds. The third-order valence-corrected chi connectivity index (χ3v) is 2.42. The zero-order chi connectivity index (χ0) is 12.0. The summed E-state index contributed by atoms with van der Waals surface area (Å²) in [6, 6.07) is -0.328. The van der Waals surface area contributed by atoms with Crippen molar-refractivity contribution in [2.75, 3.05) is 13.7 Å². The van der Waals surface area contributed by atoms with Crippen LogP contribution in [0.5, 0.6) is 0 Å². The van der Waals surface area contributed by atoms with Crippen molar-refractivity contribution in [3.63, 3.8) is 0 Å². The van der Waals surface area contributed by atoms with E-state index in [-0.39, 0.29) is 12.0 Å². The number of carbonyl (C=O) groups excluding carboxylic acids is 1. The molecule has 5 nitrogen and oxygen atoms in total. The van der Waals surface area contributed by atoms with Gasteiger partial charge in [0.05, 0.1) is 13.7 Å². The van der Waals surface area contributed by atoms with Crippen LogP contribution in [0.3, 0.4) is 0 Å². The number of hydrogen-bond acceptors (Lipinski definition) is 4. The minimum atomic E-state index is -0.328. The number of methoxy groups -OCH3 is 1. The van der Waals surface area contributed by atoms with Crippen LogP contribution in [0.4, 0.5) is 0 Å². The van der Waals surface area contributed by atoms with Crippen molar-refractivity contribution in [2.45, 2.75) is 32.9 Å². The van der Waals surface area contributed by atoms with E-state index in [0.29, 0.717) is 6.54 Å². The molecule has 1 aromatic rings. The van der Waals surface area contributed by atoms with Crippen LogP contribution >= 0.6 is 0 Å². The maximum absolute atomic E-state index is 11.4. The number of imidazole rings is 1. The van der Waals surface area contributed by atoms with Gasteiger partial charge in [-0.2, -0.15) is 0 Å². The minimum absolute atomic E-state index is 0.255. The second-order valence-corrected chi connectivity index (χ2v) is 3.63. The van der Waals surface area contributed by atoms with Crippen LogP contribution in [0.25, 0.3) is 0 Å². The van der Waals surface area contributed by atoms with Crippen LogP contribution in [-0.4, -0.2) is 29.2 Å². The van der Waals surface area contributed by atoms with Crippen LogP contribution in [0, 0.1) is 0 Å². The largest absolute Gasteiger partial charge is 0.467 e. The first kappa shape index (κ1) is 12.7. The lowest BCUT2D eigenvalue weighted by atomic mass is 10.3. The molecule has 1 rings (SSSR count). The van der Waals surface area contributed by atoms with Crippen molar-refractivity contribution < 1.29 is 9.53 Å². The van der Waals surface area contributed by atoms with E-state index in [4.69, 9.17) is 4.74 Å². The minimum Gasteiger partial charge on any atom is -0.467 e. The Morgan fingerprint density at radius 2 is 2.44 bits per heavy atom. The Balaban J connectivity index is 2.66. The van der Waals surface area contributed by atoms with E-state index in [1.165, 1.54) is 7.11 Å². The lowest BCUT2D eigenvalue weighted by Crippen LogP contribution is -2.23. The smallest absolute Gasteiger partial charge is 0.328 e. The molecule has 1 unspecified atom stereocenters. The second-order valence-electron chi connectivity index (χ2n) is 3.63. The van der Waals surface area contributed by atoms with E-state index < -0.39 is 0 Å². The monoisotopic (exact) mass is 225 g/mol. The first-order valence-corrected chi connectivity index (χ1v) is 5.51. The molecule has 0 spiro atoms. The summed E-state index contributed by atoms with van der Waals surface area (Å²) in [7, 11) is 1.39. The molecule has 0 saturated heterocycles. The average Bonchev–Trinajstić information content (AvgIpc) is 2.75. The molecular formula is C11H19N3O2. The van der Waals surface area contributed by atoms with Crippen LogP contribution in [0.15, 0.2) is 12.4 Å². The first-order chi connectivity index (χ1) is 7.70. The third-order valence-electron chi connectivity index (χ3n) is 2.42. The van der Waals surface area contributed by atoms with Crippen LogP contribution in [-0.2, 0) is 16.1 Å². The van der Waals surface area contributed by atoms with Gasteiger partial charge < -0.3 is 14.6 Å². The van der Waals surface area contributed by atoms with Gasteiger partial charge >= 0.3 is 5.97 Å². The fourth-order valence-corrected chi connectivity index (χ4v) is 1.49. The van der Waals surface area contributed by atoms with E-state index >= 15 is 0 Å². The predicted molar refractivity (Wildman–Crippen MR) is 61.0 cm³/mol. The Labute approximate surface area is 95.8 Å². The van der Waals surface area contributed by atoms with E-state index in [9.17, 15) is 4.79 Å². The molecule has 16 heavy (non-hydrogen) atoms. The highest BCUT2D eigenvalue weighted by Gasteiger charge is 2.17. The van der Waals surface area contributed by atoms with Crippen molar-refractivity contribution in [3.05, 3.63) is 18.2 Å². The maximum Gasteiger partial charge on any atom is 0.328 e. The number of esters is 1. The van der Waals surface area contributed by atoms with Gasteiger partial charge in [-0.15, -0.1) is 0 Å². The standard InChI is InChI=1S/C11H19N3O2/c1-4-5-12-8-10-13-6-7-14(10)9(2)11(15)16-3/h6-7,9,12H,4-5,8H2,1-3H3. The van der Waals surface area contributed by atoms with Crippen molar-refractivity contribution in [1.29, 1.82) is 0 Å². The molecule has 0 saturated carbocycles. The van der Waals surface area contributed by atoms with E-state index in [0.717, 1.165) is 18.8 Å². The number of nitrogens with one attached hydrogen (secondary N) is 1. The molecule has 0 aromatic carbocycles. The van der Waals surface area contributed by atoms with Crippen LogP contribution in [0.1, 0.15) is 32.1 Å². The number of hydrogen-bond donors (Lipinski definition) is 1. The molecule has 1 aromatic heterocycles. The van der Waals surface area contributed by atoms with Gasteiger partial charge in [-0.25, -0.2) is 9.78 Å². The Morgan fingerprint density at radius 1 is 1.69 bits per heavy atom. The first-order valence-electron chi connectivity index (χ1n) is 5.51. The van der Waals surface area contributed by atoms with Crippen molar-refractivity contribution in [2.24, 2.45) is 0 Å². The Hall–Kier alpha value is -1.36. The molecule has 90 valence electrons. The number of nitrogens with zero attached hydrogens (tertiary/aromatic N) is 2. The van der Waals surface area contributed by atoms with Crippen molar-refractivity contribution in [1.82, 2.24) is 14.9 Å². The van der Waals surface area contributed by atoms with Gasteiger partial charge in [0.1, 0.15) is 11.9 Å². The summed E-state index contributed by atoms with van der Waals surface area (Å²) in [6.45, 7) is 5.52. The van der Waals surface area contributed by atoms with Crippen LogP contribution < -0.4 is 5.32 Å². The number of ether oxygens (including phenoxy) is 1. The van der Waals surface area contributed by atoms with Gasteiger partial charge in [-0.3, -0.25) is 0 Å². The van der Waals surface area contributed by atoms with Gasteiger partial charge in [-0.05, 0) is 19.9 Å². The number of rotatable bonds is 6. The molecule has 0 aliphatic carbocycles. The Bertz CT molecular complexity index is 336. The molecule has 0 radical (unpaired) electrons. The Kier molecular flexibility index (Phi) is 4.98. The normalized spacial score (nSPS) is 12.4. The van der Waals surface area contributed by atoms with Crippen molar-refractivity contribution in [3.8, 4) is 0 Å². The molecule has 5 heteroatoms. The highest BCUT2D eigenvalue weighted by molar-refractivity contribution is 5.73. The summed E-state index contributed by atoms with van der Waals surface area (Å²) in [5.74, 6) is 0.598. The SMILES string of the molecule is CCCNCc1nccn1C(C)C(=O)OC. The highest BCUT2D eigenvalue weighted by atomic mass is 16.5. The van der Waals surface area contributed by atoms with Gasteiger partial charge in [0.15, 0.2) is 0 Å². The van der Waals surface area contributed by atoms with Crippen molar-refractivity contribution >= 4 is 5.97 Å². The van der Waals surface area contributed by atoms with Crippen LogP contribution in [0.2, 0.25) is 0 Å². The summed E-state index contributed by atoms with van der Waals surface area (Å²) in [5, 5.41) is 3.25. The molecule has 1 atom stereocenters. The highest BCUT2D eigenvalue weighted by Crippen LogP contribution is 2.10. The fourth-order valence-electron chi connectivity index (χ4n) is 1.49. The molecule has 0 aliphatic heterocycles. The molecule has 1 heterocycles. The summed E-state index contributed by atoms with van der Waals surface area (Å²) >= 11 is 0. The van der Waals surface area contributed by atoms with Gasteiger partial charge in [0, 0.05) is 12.4 Å². The second kappa shape index (κ2) is 6.27. The predicted octanol–water partition coefficient (Wildman–Crippen LogP) is 1.12. The quantitative estimate of drug-likeness (QED) is 0.582. The van der Waals surface area contributed by atoms with E-state index in [2.05, 4.69) is 17.2 Å². The van der Waals surface area contributed by atoms with Gasteiger partial charge in [0.2, 0.25) is 0 Å². The lowest BCUT2D eigenvalue weighted by Gasteiger charge is -2.14. The summed E-state index contributed by atoms with van der Waals surface area (Å²) in [4.78, 5) is 15.6. The molecular weight excluding hydrogens is 206 g/mol.